The van der Waals surface area contributed by atoms with Gasteiger partial charge in [-0.1, -0.05) is 6.07 Å². The van der Waals surface area contributed by atoms with Crippen LogP contribution >= 0.6 is 0 Å². The molecule has 6 heteroatoms. The van der Waals surface area contributed by atoms with Gasteiger partial charge >= 0.3 is 5.97 Å². The third-order valence-corrected chi connectivity index (χ3v) is 5.20. The van der Waals surface area contributed by atoms with Crippen LogP contribution in [0.25, 0.3) is 0 Å². The number of sulfonamides is 1. The first-order valence-electron chi connectivity index (χ1n) is 6.03. The Labute approximate surface area is 112 Å². The Morgan fingerprint density at radius 2 is 1.84 bits per heavy atom. The lowest BCUT2D eigenvalue weighted by Crippen LogP contribution is -2.34. The number of carboxylic acids is 1. The number of aromatic carboxylic acids is 1. The van der Waals surface area contributed by atoms with Crippen LogP contribution < -0.4 is 4.72 Å². The van der Waals surface area contributed by atoms with E-state index >= 15 is 0 Å². The molecule has 2 N–H and O–H groups in total. The van der Waals surface area contributed by atoms with Gasteiger partial charge in [0.1, 0.15) is 0 Å². The normalized spacial score (nSPS) is 17.2. The monoisotopic (exact) mass is 283 g/mol. The van der Waals surface area contributed by atoms with Crippen LogP contribution in [0.3, 0.4) is 0 Å². The van der Waals surface area contributed by atoms with Gasteiger partial charge in [-0.2, -0.15) is 0 Å². The fourth-order valence-electron chi connectivity index (χ4n) is 2.02. The molecule has 1 aromatic carbocycles. The summed E-state index contributed by atoms with van der Waals surface area (Å²) in [5.41, 5.74) is 0.757. The molecule has 2 rings (SSSR count). The summed E-state index contributed by atoms with van der Waals surface area (Å²) in [6.45, 7) is 5.16. The van der Waals surface area contributed by atoms with E-state index in [9.17, 15) is 13.2 Å². The molecule has 5 nitrogen and oxygen atoms in total. The van der Waals surface area contributed by atoms with Gasteiger partial charge in [-0.15, -0.1) is 0 Å². The van der Waals surface area contributed by atoms with E-state index in [-0.39, 0.29) is 16.0 Å². The van der Waals surface area contributed by atoms with Crippen LogP contribution in [-0.4, -0.2) is 25.0 Å². The lowest BCUT2D eigenvalue weighted by atomic mass is 10.1. The second-order valence-electron chi connectivity index (χ2n) is 5.40. The highest BCUT2D eigenvalue weighted by molar-refractivity contribution is 7.89. The van der Waals surface area contributed by atoms with Gasteiger partial charge < -0.3 is 5.11 Å². The van der Waals surface area contributed by atoms with E-state index in [2.05, 4.69) is 4.72 Å². The number of hydrogen-bond donors (Lipinski definition) is 2. The third-order valence-electron chi connectivity index (χ3n) is 3.42. The molecule has 104 valence electrons. The van der Waals surface area contributed by atoms with Crippen LogP contribution in [0.2, 0.25) is 0 Å². The average Bonchev–Trinajstić information content (AvgIpc) is 2.93. The largest absolute Gasteiger partial charge is 0.478 e. The maximum Gasteiger partial charge on any atom is 0.335 e. The number of benzene rings is 1. The second-order valence-corrected chi connectivity index (χ2v) is 7.05. The van der Waals surface area contributed by atoms with Gasteiger partial charge in [0.15, 0.2) is 0 Å². The van der Waals surface area contributed by atoms with Crippen molar-refractivity contribution in [3.8, 4) is 0 Å². The van der Waals surface area contributed by atoms with Gasteiger partial charge in [0, 0.05) is 5.54 Å². The lowest BCUT2D eigenvalue weighted by Gasteiger charge is -2.15. The molecule has 0 aliphatic heterocycles. The zero-order valence-corrected chi connectivity index (χ0v) is 12.0. The summed E-state index contributed by atoms with van der Waals surface area (Å²) < 4.78 is 27.2. The minimum absolute atomic E-state index is 0.0203. The molecule has 0 atom stereocenters. The Morgan fingerprint density at radius 3 is 2.32 bits per heavy atom. The molecule has 0 bridgehead atoms. The Hall–Kier alpha value is -1.40. The van der Waals surface area contributed by atoms with Crippen molar-refractivity contribution in [2.24, 2.45) is 0 Å². The quantitative estimate of drug-likeness (QED) is 0.883. The van der Waals surface area contributed by atoms with Crippen LogP contribution in [-0.2, 0) is 10.0 Å². The molecule has 1 aromatic rings. The van der Waals surface area contributed by atoms with Crippen molar-refractivity contribution >= 4 is 16.0 Å². The summed E-state index contributed by atoms with van der Waals surface area (Å²) in [7, 11) is -3.67. The van der Waals surface area contributed by atoms with Gasteiger partial charge in [-0.3, -0.25) is 0 Å². The first kappa shape index (κ1) is 14.0. The molecule has 0 saturated heterocycles. The zero-order chi connectivity index (χ0) is 14.4. The number of rotatable bonds is 4. The molecule has 0 unspecified atom stereocenters. The molecule has 19 heavy (non-hydrogen) atoms. The SMILES string of the molecule is Cc1cc(C)c(S(=O)(=O)NC2(C)CC2)cc1C(=O)O. The van der Waals surface area contributed by atoms with Gasteiger partial charge in [0.05, 0.1) is 10.5 Å². The van der Waals surface area contributed by atoms with Crippen molar-refractivity contribution in [2.75, 3.05) is 0 Å². The highest BCUT2D eigenvalue weighted by Crippen LogP contribution is 2.36. The average molecular weight is 283 g/mol. The molecule has 0 radical (unpaired) electrons. The van der Waals surface area contributed by atoms with Gasteiger partial charge in [0.2, 0.25) is 10.0 Å². The predicted octanol–water partition coefficient (Wildman–Crippen LogP) is 1.83. The number of carbonyl (C=O) groups is 1. The molecule has 1 aliphatic rings. The molecular weight excluding hydrogens is 266 g/mol. The van der Waals surface area contributed by atoms with Crippen molar-refractivity contribution in [3.63, 3.8) is 0 Å². The Bertz CT molecular complexity index is 645. The molecule has 0 aromatic heterocycles. The number of aryl methyl sites for hydroxylation is 2. The van der Waals surface area contributed by atoms with Crippen molar-refractivity contribution in [2.45, 2.75) is 44.0 Å². The van der Waals surface area contributed by atoms with Crippen molar-refractivity contribution in [1.82, 2.24) is 4.72 Å². The van der Waals surface area contributed by atoms with E-state index in [0.717, 1.165) is 12.8 Å². The fraction of sp³-hybridized carbons (Fsp3) is 0.462. The van der Waals surface area contributed by atoms with Gasteiger partial charge in [-0.05, 0) is 50.8 Å². The third kappa shape index (κ3) is 2.79. The fourth-order valence-corrected chi connectivity index (χ4v) is 3.74. The summed E-state index contributed by atoms with van der Waals surface area (Å²) in [6.07, 6.45) is 1.62. The highest BCUT2D eigenvalue weighted by Gasteiger charge is 2.41. The molecule has 1 aliphatic carbocycles. The topological polar surface area (TPSA) is 83.5 Å². The highest BCUT2D eigenvalue weighted by atomic mass is 32.2. The number of hydrogen-bond acceptors (Lipinski definition) is 3. The molecular formula is C13H17NO4S. The maximum atomic E-state index is 12.3. The first-order chi connectivity index (χ1) is 8.65. The summed E-state index contributed by atoms with van der Waals surface area (Å²) in [4.78, 5) is 11.1. The molecule has 1 saturated carbocycles. The molecule has 0 heterocycles. The molecule has 0 amide bonds. The first-order valence-corrected chi connectivity index (χ1v) is 7.51. The van der Waals surface area contributed by atoms with Crippen LogP contribution in [0.4, 0.5) is 0 Å². The van der Waals surface area contributed by atoms with Crippen molar-refractivity contribution in [3.05, 3.63) is 28.8 Å². The Kier molecular flexibility index (Phi) is 3.18. The van der Waals surface area contributed by atoms with Gasteiger partial charge in [0.25, 0.3) is 0 Å². The summed E-state index contributed by atoms with van der Waals surface area (Å²) >= 11 is 0. The molecule has 0 spiro atoms. The van der Waals surface area contributed by atoms with E-state index in [4.69, 9.17) is 5.11 Å². The minimum Gasteiger partial charge on any atom is -0.478 e. The standard InChI is InChI=1S/C13H17NO4S/c1-8-6-9(2)11(7-10(8)12(15)16)19(17,18)14-13(3)4-5-13/h6-7,14H,4-5H2,1-3H3,(H,15,16). The van der Waals surface area contributed by atoms with E-state index < -0.39 is 16.0 Å². The van der Waals surface area contributed by atoms with Crippen LogP contribution in [0, 0.1) is 13.8 Å². The van der Waals surface area contributed by atoms with Gasteiger partial charge in [-0.25, -0.2) is 17.9 Å². The Balaban J connectivity index is 2.49. The van der Waals surface area contributed by atoms with Crippen molar-refractivity contribution < 1.29 is 18.3 Å². The predicted molar refractivity (Wildman–Crippen MR) is 70.8 cm³/mol. The minimum atomic E-state index is -3.67. The number of carboxylic acid groups (broad SMARTS) is 1. The second kappa shape index (κ2) is 4.31. The van der Waals surface area contributed by atoms with E-state index in [1.165, 1.54) is 6.07 Å². The lowest BCUT2D eigenvalue weighted by molar-refractivity contribution is 0.0696. The summed E-state index contributed by atoms with van der Waals surface area (Å²) in [5.74, 6) is -1.12. The van der Waals surface area contributed by atoms with Crippen LogP contribution in [0.1, 0.15) is 41.3 Å². The van der Waals surface area contributed by atoms with E-state index in [0.29, 0.717) is 11.1 Å². The van der Waals surface area contributed by atoms with E-state index in [1.54, 1.807) is 19.9 Å². The maximum absolute atomic E-state index is 12.3. The summed E-state index contributed by atoms with van der Waals surface area (Å²) in [5, 5.41) is 9.08. The zero-order valence-electron chi connectivity index (χ0n) is 11.1. The van der Waals surface area contributed by atoms with Crippen LogP contribution in [0.5, 0.6) is 0 Å². The summed E-state index contributed by atoms with van der Waals surface area (Å²) in [6, 6.07) is 2.83. The smallest absolute Gasteiger partial charge is 0.335 e. The molecule has 1 fully saturated rings. The number of nitrogens with one attached hydrogen (secondary N) is 1. The van der Waals surface area contributed by atoms with E-state index in [1.807, 2.05) is 6.92 Å². The Morgan fingerprint density at radius 1 is 1.26 bits per heavy atom. The van der Waals surface area contributed by atoms with Crippen molar-refractivity contribution in [1.29, 1.82) is 0 Å². The van der Waals surface area contributed by atoms with Crippen LogP contribution in [0.15, 0.2) is 17.0 Å².